The van der Waals surface area contributed by atoms with E-state index in [-0.39, 0.29) is 6.61 Å². The number of hydrogen-bond acceptors (Lipinski definition) is 4. The molecule has 5 heteroatoms. The second-order valence-corrected chi connectivity index (χ2v) is 12.8. The van der Waals surface area contributed by atoms with E-state index in [2.05, 4.69) is 19.2 Å². The summed E-state index contributed by atoms with van der Waals surface area (Å²) < 4.78 is 0. The highest BCUT2D eigenvalue weighted by atomic mass is 16.3. The molecule has 0 aliphatic heterocycles. The summed E-state index contributed by atoms with van der Waals surface area (Å²) in [5.41, 5.74) is 0. The highest BCUT2D eigenvalue weighted by molar-refractivity contribution is 5.80. The van der Waals surface area contributed by atoms with Crippen LogP contribution in [0.15, 0.2) is 12.2 Å². The molecule has 0 aliphatic rings. The molecule has 42 heavy (non-hydrogen) atoms. The van der Waals surface area contributed by atoms with Crippen LogP contribution in [-0.2, 0) is 4.79 Å². The molecule has 250 valence electrons. The van der Waals surface area contributed by atoms with Crippen LogP contribution in [0.1, 0.15) is 194 Å². The van der Waals surface area contributed by atoms with E-state index < -0.39 is 24.2 Å². The van der Waals surface area contributed by atoms with Gasteiger partial charge in [-0.25, -0.2) is 0 Å². The van der Waals surface area contributed by atoms with E-state index in [4.69, 9.17) is 0 Å². The number of aliphatic hydroxyl groups is 3. The Morgan fingerprint density at radius 2 is 0.929 bits per heavy atom. The van der Waals surface area contributed by atoms with Gasteiger partial charge in [0.15, 0.2) is 0 Å². The molecular formula is C37H73NO4. The van der Waals surface area contributed by atoms with Crippen LogP contribution < -0.4 is 5.32 Å². The average molecular weight is 596 g/mol. The zero-order valence-electron chi connectivity index (χ0n) is 28.1. The predicted octanol–water partition coefficient (Wildman–Crippen LogP) is 9.70. The molecule has 0 rings (SSSR count). The van der Waals surface area contributed by atoms with Crippen LogP contribution in [0.2, 0.25) is 0 Å². The van der Waals surface area contributed by atoms with Crippen LogP contribution in [-0.4, -0.2) is 46.1 Å². The fraction of sp³-hybridized carbons (Fsp3) is 0.919. The maximum Gasteiger partial charge on any atom is 0.249 e. The Hall–Kier alpha value is -0.910. The molecule has 0 aliphatic carbocycles. The van der Waals surface area contributed by atoms with E-state index in [0.29, 0.717) is 6.42 Å². The molecule has 0 heterocycles. The molecule has 3 atom stereocenters. The largest absolute Gasteiger partial charge is 0.394 e. The fourth-order valence-electron chi connectivity index (χ4n) is 5.65. The number of unbranched alkanes of at least 4 members (excludes halogenated alkanes) is 25. The van der Waals surface area contributed by atoms with Crippen molar-refractivity contribution in [1.82, 2.24) is 5.32 Å². The Morgan fingerprint density at radius 1 is 0.571 bits per heavy atom. The Morgan fingerprint density at radius 3 is 1.31 bits per heavy atom. The standard InChI is InChI=1S/C37H73NO4/c1-3-5-7-9-11-13-15-17-18-19-20-22-23-25-27-29-31-35(40)34(33-39)38-37(42)36(41)32-30-28-26-24-21-16-14-12-10-8-6-4-2/h29,31,34-36,39-41H,3-28,30,32-33H2,1-2H3,(H,38,42)/b31-29+. The van der Waals surface area contributed by atoms with Gasteiger partial charge >= 0.3 is 0 Å². The summed E-state index contributed by atoms with van der Waals surface area (Å²) in [5, 5.41) is 32.9. The molecule has 0 spiro atoms. The molecule has 0 aromatic rings. The van der Waals surface area contributed by atoms with Crippen LogP contribution in [0.4, 0.5) is 0 Å². The van der Waals surface area contributed by atoms with Crippen molar-refractivity contribution < 1.29 is 20.1 Å². The Kier molecular flexibility index (Phi) is 32.3. The summed E-state index contributed by atoms with van der Waals surface area (Å²) in [7, 11) is 0. The number of rotatable bonds is 33. The third-order valence-electron chi connectivity index (χ3n) is 8.63. The number of carbonyl (C=O) groups excluding carboxylic acids is 1. The van der Waals surface area contributed by atoms with Crippen LogP contribution in [0.3, 0.4) is 0 Å². The lowest BCUT2D eigenvalue weighted by Crippen LogP contribution is -2.48. The predicted molar refractivity (Wildman–Crippen MR) is 181 cm³/mol. The third-order valence-corrected chi connectivity index (χ3v) is 8.63. The van der Waals surface area contributed by atoms with Gasteiger partial charge < -0.3 is 20.6 Å². The van der Waals surface area contributed by atoms with Crippen molar-refractivity contribution in [1.29, 1.82) is 0 Å². The van der Waals surface area contributed by atoms with Crippen LogP contribution in [0.5, 0.6) is 0 Å². The quantitative estimate of drug-likeness (QED) is 0.0449. The van der Waals surface area contributed by atoms with Crippen molar-refractivity contribution in [3.8, 4) is 0 Å². The third kappa shape index (κ3) is 27.9. The minimum Gasteiger partial charge on any atom is -0.394 e. The Labute approximate surface area is 261 Å². The van der Waals surface area contributed by atoms with Crippen molar-refractivity contribution in [2.45, 2.75) is 212 Å². The second-order valence-electron chi connectivity index (χ2n) is 12.8. The molecule has 3 unspecified atom stereocenters. The highest BCUT2D eigenvalue weighted by Crippen LogP contribution is 2.15. The zero-order chi connectivity index (χ0) is 30.9. The van der Waals surface area contributed by atoms with Gasteiger partial charge in [-0.2, -0.15) is 0 Å². The molecule has 1 amide bonds. The van der Waals surface area contributed by atoms with Gasteiger partial charge in [0.2, 0.25) is 5.91 Å². The normalized spacial score (nSPS) is 13.9. The molecule has 0 aromatic carbocycles. The first-order valence-corrected chi connectivity index (χ1v) is 18.5. The molecule has 5 nitrogen and oxygen atoms in total. The van der Waals surface area contributed by atoms with Gasteiger partial charge in [-0.05, 0) is 19.3 Å². The highest BCUT2D eigenvalue weighted by Gasteiger charge is 2.22. The van der Waals surface area contributed by atoms with E-state index in [1.807, 2.05) is 6.08 Å². The van der Waals surface area contributed by atoms with Gasteiger partial charge in [0.1, 0.15) is 6.10 Å². The second kappa shape index (κ2) is 33.0. The summed E-state index contributed by atoms with van der Waals surface area (Å²) in [4.78, 5) is 12.4. The van der Waals surface area contributed by atoms with Gasteiger partial charge in [-0.1, -0.05) is 187 Å². The van der Waals surface area contributed by atoms with Crippen molar-refractivity contribution in [2.75, 3.05) is 6.61 Å². The van der Waals surface area contributed by atoms with Crippen LogP contribution in [0, 0.1) is 0 Å². The van der Waals surface area contributed by atoms with E-state index in [0.717, 1.165) is 32.1 Å². The van der Waals surface area contributed by atoms with Gasteiger partial charge in [0.25, 0.3) is 0 Å². The molecule has 0 saturated heterocycles. The van der Waals surface area contributed by atoms with Gasteiger partial charge in [0.05, 0.1) is 18.8 Å². The first-order chi connectivity index (χ1) is 20.6. The lowest BCUT2D eigenvalue weighted by molar-refractivity contribution is -0.131. The van der Waals surface area contributed by atoms with Crippen molar-refractivity contribution >= 4 is 5.91 Å². The first-order valence-electron chi connectivity index (χ1n) is 18.5. The fourth-order valence-corrected chi connectivity index (χ4v) is 5.65. The van der Waals surface area contributed by atoms with E-state index >= 15 is 0 Å². The zero-order valence-corrected chi connectivity index (χ0v) is 28.1. The molecule has 0 aromatic heterocycles. The summed E-state index contributed by atoms with van der Waals surface area (Å²) in [6.07, 6.45) is 36.5. The van der Waals surface area contributed by atoms with Crippen molar-refractivity contribution in [2.24, 2.45) is 0 Å². The average Bonchev–Trinajstić information content (AvgIpc) is 2.99. The number of nitrogens with one attached hydrogen (secondary N) is 1. The Balaban J connectivity index is 3.73. The Bertz CT molecular complexity index is 582. The SMILES string of the molecule is CCCCCCCCCCCCCCCC/C=C/C(O)C(CO)NC(=O)C(O)CCCCCCCCCCCCCC. The molecule has 0 fully saturated rings. The van der Waals surface area contributed by atoms with Gasteiger partial charge in [-0.3, -0.25) is 4.79 Å². The van der Waals surface area contributed by atoms with E-state index in [9.17, 15) is 20.1 Å². The van der Waals surface area contributed by atoms with Gasteiger partial charge in [0, 0.05) is 0 Å². The molecular weight excluding hydrogens is 522 g/mol. The lowest BCUT2D eigenvalue weighted by atomic mass is 10.0. The molecule has 0 saturated carbocycles. The van der Waals surface area contributed by atoms with Crippen LogP contribution >= 0.6 is 0 Å². The molecule has 4 N–H and O–H groups in total. The summed E-state index contributed by atoms with van der Waals surface area (Å²) in [5.74, 6) is -0.503. The summed E-state index contributed by atoms with van der Waals surface area (Å²) >= 11 is 0. The lowest BCUT2D eigenvalue weighted by Gasteiger charge is -2.21. The number of hydrogen-bond donors (Lipinski definition) is 4. The molecule has 0 radical (unpaired) electrons. The first kappa shape index (κ1) is 41.1. The summed E-state index contributed by atoms with van der Waals surface area (Å²) in [6.45, 7) is 4.16. The number of aliphatic hydroxyl groups excluding tert-OH is 3. The summed E-state index contributed by atoms with van der Waals surface area (Å²) in [6, 6.07) is -0.790. The smallest absolute Gasteiger partial charge is 0.249 e. The monoisotopic (exact) mass is 596 g/mol. The number of allylic oxidation sites excluding steroid dienone is 1. The van der Waals surface area contributed by atoms with Gasteiger partial charge in [-0.15, -0.1) is 0 Å². The van der Waals surface area contributed by atoms with Crippen molar-refractivity contribution in [3.63, 3.8) is 0 Å². The van der Waals surface area contributed by atoms with Crippen LogP contribution in [0.25, 0.3) is 0 Å². The molecule has 0 bridgehead atoms. The van der Waals surface area contributed by atoms with Crippen molar-refractivity contribution in [3.05, 3.63) is 12.2 Å². The minimum absolute atomic E-state index is 0.360. The number of amides is 1. The van der Waals surface area contributed by atoms with E-state index in [1.165, 1.54) is 141 Å². The maximum atomic E-state index is 12.4. The number of carbonyl (C=O) groups is 1. The topological polar surface area (TPSA) is 89.8 Å². The minimum atomic E-state index is -1.09. The maximum absolute atomic E-state index is 12.4. The van der Waals surface area contributed by atoms with E-state index in [1.54, 1.807) is 6.08 Å².